The predicted molar refractivity (Wildman–Crippen MR) is 98.8 cm³/mol. The van der Waals surface area contributed by atoms with E-state index in [0.717, 1.165) is 5.56 Å². The largest absolute Gasteiger partial charge is 0.466 e. The van der Waals surface area contributed by atoms with Gasteiger partial charge in [-0.05, 0) is 44.5 Å². The highest BCUT2D eigenvalue weighted by atomic mass is 16.7. The van der Waals surface area contributed by atoms with Crippen LogP contribution in [0, 0.1) is 13.8 Å². The summed E-state index contributed by atoms with van der Waals surface area (Å²) in [6, 6.07) is 7.31. The number of carbonyl (C=O) groups excluding carboxylic acids is 2. The van der Waals surface area contributed by atoms with E-state index in [1.165, 1.54) is 0 Å². The van der Waals surface area contributed by atoms with Gasteiger partial charge < -0.3 is 24.1 Å². The Labute approximate surface area is 158 Å². The molecule has 1 aromatic heterocycles. The van der Waals surface area contributed by atoms with Gasteiger partial charge in [-0.3, -0.25) is 9.59 Å². The van der Waals surface area contributed by atoms with Crippen LogP contribution in [0.5, 0.6) is 11.5 Å². The Morgan fingerprint density at radius 2 is 1.93 bits per heavy atom. The summed E-state index contributed by atoms with van der Waals surface area (Å²) >= 11 is 0. The molecular weight excluding hydrogens is 348 g/mol. The van der Waals surface area contributed by atoms with Crippen LogP contribution in [0.25, 0.3) is 0 Å². The number of nitrogens with zero attached hydrogens (tertiary/aromatic N) is 1. The quantitative estimate of drug-likeness (QED) is 0.808. The van der Waals surface area contributed by atoms with Gasteiger partial charge in [0.2, 0.25) is 12.7 Å². The van der Waals surface area contributed by atoms with Crippen molar-refractivity contribution >= 4 is 11.8 Å². The second kappa shape index (κ2) is 8.16. The number of fused-ring (bicyclic) bond motifs is 1. The van der Waals surface area contributed by atoms with Crippen LogP contribution in [0.2, 0.25) is 0 Å². The lowest BCUT2D eigenvalue weighted by Gasteiger charge is -2.20. The predicted octanol–water partition coefficient (Wildman–Crippen LogP) is 2.79. The molecule has 2 amide bonds. The molecule has 0 radical (unpaired) electrons. The van der Waals surface area contributed by atoms with Crippen LogP contribution in [-0.4, -0.2) is 36.6 Å². The van der Waals surface area contributed by atoms with E-state index in [2.05, 4.69) is 5.32 Å². The smallest absolute Gasteiger partial charge is 0.257 e. The fourth-order valence-electron chi connectivity index (χ4n) is 2.99. The Bertz CT molecular complexity index is 843. The number of benzene rings is 1. The fourth-order valence-corrected chi connectivity index (χ4v) is 2.99. The van der Waals surface area contributed by atoms with E-state index < -0.39 is 0 Å². The molecule has 1 N–H and O–H groups in total. The summed E-state index contributed by atoms with van der Waals surface area (Å²) in [7, 11) is 0. The van der Waals surface area contributed by atoms with E-state index in [0.29, 0.717) is 48.2 Å². The molecule has 1 aliphatic heterocycles. The molecule has 2 heterocycles. The zero-order valence-corrected chi connectivity index (χ0v) is 15.8. The molecular formula is C20H24N2O5. The zero-order valence-electron chi connectivity index (χ0n) is 15.8. The maximum Gasteiger partial charge on any atom is 0.257 e. The number of aryl methyl sites for hydroxylation is 2. The van der Waals surface area contributed by atoms with Crippen LogP contribution >= 0.6 is 0 Å². The van der Waals surface area contributed by atoms with Crippen molar-refractivity contribution in [2.45, 2.75) is 33.7 Å². The number of hydrogen-bond donors (Lipinski definition) is 1. The number of carbonyl (C=O) groups is 2. The van der Waals surface area contributed by atoms with Crippen molar-refractivity contribution in [2.24, 2.45) is 0 Å². The first kappa shape index (κ1) is 18.8. The molecule has 0 fully saturated rings. The molecule has 144 valence electrons. The topological polar surface area (TPSA) is 81.0 Å². The molecule has 0 atom stereocenters. The molecule has 1 aromatic carbocycles. The van der Waals surface area contributed by atoms with Gasteiger partial charge >= 0.3 is 0 Å². The van der Waals surface area contributed by atoms with E-state index in [4.69, 9.17) is 13.9 Å². The third-order valence-corrected chi connectivity index (χ3v) is 4.48. The molecule has 0 saturated heterocycles. The highest BCUT2D eigenvalue weighted by Crippen LogP contribution is 2.32. The molecule has 7 nitrogen and oxygen atoms in total. The first-order valence-electron chi connectivity index (χ1n) is 8.99. The molecule has 7 heteroatoms. The summed E-state index contributed by atoms with van der Waals surface area (Å²) in [6.07, 6.45) is 0.236. The van der Waals surface area contributed by atoms with Gasteiger partial charge in [-0.1, -0.05) is 6.07 Å². The van der Waals surface area contributed by atoms with E-state index in [1.807, 2.05) is 32.0 Å². The van der Waals surface area contributed by atoms with Gasteiger partial charge in [0.05, 0.1) is 5.56 Å². The Kier molecular flexibility index (Phi) is 5.69. The van der Waals surface area contributed by atoms with Crippen molar-refractivity contribution in [1.29, 1.82) is 0 Å². The second-order valence-electron chi connectivity index (χ2n) is 6.43. The minimum atomic E-state index is -0.115. The third-order valence-electron chi connectivity index (χ3n) is 4.48. The van der Waals surface area contributed by atoms with Gasteiger partial charge in [-0.2, -0.15) is 0 Å². The Morgan fingerprint density at radius 1 is 1.15 bits per heavy atom. The number of furan rings is 1. The van der Waals surface area contributed by atoms with Crippen molar-refractivity contribution in [3.05, 3.63) is 46.9 Å². The summed E-state index contributed by atoms with van der Waals surface area (Å²) < 4.78 is 16.0. The van der Waals surface area contributed by atoms with E-state index in [1.54, 1.807) is 17.9 Å². The lowest BCUT2D eigenvalue weighted by molar-refractivity contribution is -0.121. The molecule has 2 aromatic rings. The SMILES string of the molecule is CCN(CCC(=O)NCc1ccc2c(c1)OCO2)C(=O)c1cc(C)oc1C. The first-order chi connectivity index (χ1) is 13.0. The molecule has 0 bridgehead atoms. The number of ether oxygens (including phenoxy) is 2. The number of amides is 2. The highest BCUT2D eigenvalue weighted by Gasteiger charge is 2.20. The van der Waals surface area contributed by atoms with Gasteiger partial charge in [0.15, 0.2) is 11.5 Å². The van der Waals surface area contributed by atoms with Gasteiger partial charge in [0.25, 0.3) is 5.91 Å². The molecule has 0 saturated carbocycles. The van der Waals surface area contributed by atoms with Crippen LogP contribution in [0.15, 0.2) is 28.7 Å². The van der Waals surface area contributed by atoms with Gasteiger partial charge in [0.1, 0.15) is 11.5 Å². The van der Waals surface area contributed by atoms with Crippen LogP contribution in [0.3, 0.4) is 0 Å². The third kappa shape index (κ3) is 4.42. The van der Waals surface area contributed by atoms with Crippen molar-refractivity contribution in [3.8, 4) is 11.5 Å². The van der Waals surface area contributed by atoms with E-state index in [9.17, 15) is 9.59 Å². The number of nitrogens with one attached hydrogen (secondary N) is 1. The van der Waals surface area contributed by atoms with Crippen LogP contribution in [0.1, 0.15) is 40.8 Å². The monoisotopic (exact) mass is 372 g/mol. The van der Waals surface area contributed by atoms with Crippen molar-refractivity contribution in [2.75, 3.05) is 19.9 Å². The zero-order chi connectivity index (χ0) is 19.4. The summed E-state index contributed by atoms with van der Waals surface area (Å²) in [5.41, 5.74) is 1.48. The first-order valence-corrected chi connectivity index (χ1v) is 8.99. The van der Waals surface area contributed by atoms with Crippen LogP contribution < -0.4 is 14.8 Å². The van der Waals surface area contributed by atoms with Gasteiger partial charge in [0, 0.05) is 26.1 Å². The minimum Gasteiger partial charge on any atom is -0.466 e. The highest BCUT2D eigenvalue weighted by molar-refractivity contribution is 5.95. The maximum atomic E-state index is 12.6. The summed E-state index contributed by atoms with van der Waals surface area (Å²) in [4.78, 5) is 26.4. The normalized spacial score (nSPS) is 12.1. The average molecular weight is 372 g/mol. The van der Waals surface area contributed by atoms with Gasteiger partial charge in [-0.25, -0.2) is 0 Å². The maximum absolute atomic E-state index is 12.6. The summed E-state index contributed by atoms with van der Waals surface area (Å²) in [6.45, 7) is 6.97. The molecule has 1 aliphatic rings. The summed E-state index contributed by atoms with van der Waals surface area (Å²) in [5, 5.41) is 2.87. The molecule has 0 aliphatic carbocycles. The lowest BCUT2D eigenvalue weighted by atomic mass is 10.2. The minimum absolute atomic E-state index is 0.112. The summed E-state index contributed by atoms with van der Waals surface area (Å²) in [5.74, 6) is 2.48. The second-order valence-corrected chi connectivity index (χ2v) is 6.43. The fraction of sp³-hybridized carbons (Fsp3) is 0.400. The standard InChI is InChI=1S/C20H24N2O5/c1-4-22(20(24)16-9-13(2)27-14(16)3)8-7-19(23)21-11-15-5-6-17-18(10-15)26-12-25-17/h5-6,9-10H,4,7-8,11-12H2,1-3H3,(H,21,23). The van der Waals surface area contributed by atoms with Crippen LogP contribution in [0.4, 0.5) is 0 Å². The van der Waals surface area contributed by atoms with Crippen molar-refractivity contribution in [3.63, 3.8) is 0 Å². The molecule has 0 spiro atoms. The van der Waals surface area contributed by atoms with Crippen molar-refractivity contribution in [1.82, 2.24) is 10.2 Å². The van der Waals surface area contributed by atoms with E-state index >= 15 is 0 Å². The van der Waals surface area contributed by atoms with Gasteiger partial charge in [-0.15, -0.1) is 0 Å². The average Bonchev–Trinajstić information content (AvgIpc) is 3.25. The Balaban J connectivity index is 1.50. The van der Waals surface area contributed by atoms with Crippen molar-refractivity contribution < 1.29 is 23.5 Å². The Morgan fingerprint density at radius 3 is 2.63 bits per heavy atom. The lowest BCUT2D eigenvalue weighted by Crippen LogP contribution is -2.35. The number of rotatable bonds is 7. The number of hydrogen-bond acceptors (Lipinski definition) is 5. The van der Waals surface area contributed by atoms with E-state index in [-0.39, 0.29) is 25.0 Å². The molecule has 3 rings (SSSR count). The van der Waals surface area contributed by atoms with Crippen LogP contribution in [-0.2, 0) is 11.3 Å². The Hall–Kier alpha value is -2.96. The molecule has 0 unspecified atom stereocenters. The molecule has 27 heavy (non-hydrogen) atoms.